The van der Waals surface area contributed by atoms with Gasteiger partial charge in [-0.25, -0.2) is 0 Å². The van der Waals surface area contributed by atoms with Gasteiger partial charge in [0.05, 0.1) is 7.11 Å². The van der Waals surface area contributed by atoms with E-state index in [0.29, 0.717) is 17.4 Å². The topological polar surface area (TPSA) is 45.7 Å². The summed E-state index contributed by atoms with van der Waals surface area (Å²) in [6.45, 7) is 3.07. The molecule has 3 rings (SSSR count). The SMILES string of the molecule is COc1cccc(C(=O)N(C)C2CCN(CCc3ccccn3)CC2)c1. The van der Waals surface area contributed by atoms with Crippen molar-refractivity contribution < 1.29 is 9.53 Å². The monoisotopic (exact) mass is 353 g/mol. The highest BCUT2D eigenvalue weighted by molar-refractivity contribution is 5.94. The van der Waals surface area contributed by atoms with Crippen LogP contribution < -0.4 is 4.74 Å². The smallest absolute Gasteiger partial charge is 0.253 e. The van der Waals surface area contributed by atoms with Gasteiger partial charge in [0.15, 0.2) is 0 Å². The molecule has 1 aromatic heterocycles. The van der Waals surface area contributed by atoms with Crippen LogP contribution in [-0.4, -0.2) is 60.5 Å². The second-order valence-corrected chi connectivity index (χ2v) is 6.79. The van der Waals surface area contributed by atoms with E-state index in [-0.39, 0.29) is 5.91 Å². The molecule has 1 saturated heterocycles. The first-order valence-electron chi connectivity index (χ1n) is 9.21. The fourth-order valence-electron chi connectivity index (χ4n) is 3.47. The molecule has 2 heterocycles. The standard InChI is InChI=1S/C21H27N3O2/c1-23(21(25)17-6-5-8-20(16-17)26-2)19-10-14-24(15-11-19)13-9-18-7-3-4-12-22-18/h3-8,12,16,19H,9-11,13-15H2,1-2H3. The summed E-state index contributed by atoms with van der Waals surface area (Å²) in [5.41, 5.74) is 1.82. The van der Waals surface area contributed by atoms with Crippen LogP contribution in [0.1, 0.15) is 28.9 Å². The molecule has 5 nitrogen and oxygen atoms in total. The van der Waals surface area contributed by atoms with E-state index in [9.17, 15) is 4.79 Å². The first kappa shape index (κ1) is 18.4. The summed E-state index contributed by atoms with van der Waals surface area (Å²) < 4.78 is 5.23. The lowest BCUT2D eigenvalue weighted by atomic mass is 10.0. The molecule has 138 valence electrons. The Hall–Kier alpha value is -2.40. The number of aromatic nitrogens is 1. The number of amides is 1. The highest BCUT2D eigenvalue weighted by Crippen LogP contribution is 2.20. The Morgan fingerprint density at radius 3 is 2.73 bits per heavy atom. The van der Waals surface area contributed by atoms with Gasteiger partial charge in [-0.2, -0.15) is 0 Å². The number of ether oxygens (including phenoxy) is 1. The van der Waals surface area contributed by atoms with Gasteiger partial charge in [0.1, 0.15) is 5.75 Å². The van der Waals surface area contributed by atoms with Crippen molar-refractivity contribution in [1.29, 1.82) is 0 Å². The lowest BCUT2D eigenvalue weighted by Gasteiger charge is -2.36. The maximum absolute atomic E-state index is 12.8. The van der Waals surface area contributed by atoms with Crippen LogP contribution in [0.3, 0.4) is 0 Å². The van der Waals surface area contributed by atoms with Crippen molar-refractivity contribution in [3.63, 3.8) is 0 Å². The van der Waals surface area contributed by atoms with E-state index in [1.165, 1.54) is 0 Å². The lowest BCUT2D eigenvalue weighted by molar-refractivity contribution is 0.0643. The number of likely N-dealkylation sites (tertiary alicyclic amines) is 1. The molecule has 5 heteroatoms. The molecule has 0 atom stereocenters. The van der Waals surface area contributed by atoms with Crippen LogP contribution in [0.2, 0.25) is 0 Å². The van der Waals surface area contributed by atoms with Gasteiger partial charge in [-0.3, -0.25) is 9.78 Å². The van der Waals surface area contributed by atoms with Crippen molar-refractivity contribution in [2.75, 3.05) is 33.8 Å². The number of hydrogen-bond acceptors (Lipinski definition) is 4. The number of pyridine rings is 1. The van der Waals surface area contributed by atoms with E-state index in [1.807, 2.05) is 48.5 Å². The van der Waals surface area contributed by atoms with Crippen molar-refractivity contribution in [3.8, 4) is 5.75 Å². The summed E-state index contributed by atoms with van der Waals surface area (Å²) in [6, 6.07) is 13.7. The molecule has 1 aliphatic heterocycles. The number of benzene rings is 1. The number of methoxy groups -OCH3 is 1. The molecule has 1 fully saturated rings. The maximum Gasteiger partial charge on any atom is 0.253 e. The minimum atomic E-state index is 0.0656. The van der Waals surface area contributed by atoms with E-state index in [0.717, 1.165) is 44.6 Å². The Bertz CT molecular complexity index is 712. The zero-order valence-electron chi connectivity index (χ0n) is 15.6. The average molecular weight is 353 g/mol. The van der Waals surface area contributed by atoms with Gasteiger partial charge in [-0.1, -0.05) is 12.1 Å². The van der Waals surface area contributed by atoms with Gasteiger partial charge in [-0.05, 0) is 43.2 Å². The van der Waals surface area contributed by atoms with Crippen LogP contribution in [0.15, 0.2) is 48.7 Å². The van der Waals surface area contributed by atoms with E-state index < -0.39 is 0 Å². The number of rotatable bonds is 6. The molecule has 0 N–H and O–H groups in total. The zero-order chi connectivity index (χ0) is 18.4. The van der Waals surface area contributed by atoms with Crippen LogP contribution >= 0.6 is 0 Å². The highest BCUT2D eigenvalue weighted by Gasteiger charge is 2.26. The highest BCUT2D eigenvalue weighted by atomic mass is 16.5. The zero-order valence-corrected chi connectivity index (χ0v) is 15.6. The minimum Gasteiger partial charge on any atom is -0.497 e. The van der Waals surface area contributed by atoms with E-state index in [1.54, 1.807) is 13.2 Å². The maximum atomic E-state index is 12.8. The summed E-state index contributed by atoms with van der Waals surface area (Å²) in [5, 5.41) is 0. The fourth-order valence-corrected chi connectivity index (χ4v) is 3.47. The molecule has 2 aromatic rings. The van der Waals surface area contributed by atoms with Gasteiger partial charge in [0, 0.05) is 56.6 Å². The van der Waals surface area contributed by atoms with Gasteiger partial charge in [-0.15, -0.1) is 0 Å². The molecule has 1 amide bonds. The molecule has 0 bridgehead atoms. The molecule has 0 unspecified atom stereocenters. The van der Waals surface area contributed by atoms with Crippen LogP contribution in [0.4, 0.5) is 0 Å². The number of nitrogens with zero attached hydrogens (tertiary/aromatic N) is 3. The third-order valence-corrected chi connectivity index (χ3v) is 5.15. The molecule has 26 heavy (non-hydrogen) atoms. The third-order valence-electron chi connectivity index (χ3n) is 5.15. The van der Waals surface area contributed by atoms with Gasteiger partial charge in [0.2, 0.25) is 0 Å². The molecular weight excluding hydrogens is 326 g/mol. The minimum absolute atomic E-state index is 0.0656. The quantitative estimate of drug-likeness (QED) is 0.801. The van der Waals surface area contributed by atoms with Gasteiger partial charge in [0.25, 0.3) is 5.91 Å². The molecule has 0 aliphatic carbocycles. The van der Waals surface area contributed by atoms with Crippen LogP contribution in [-0.2, 0) is 6.42 Å². The number of carbonyl (C=O) groups is 1. The van der Waals surface area contributed by atoms with Crippen molar-refractivity contribution in [2.45, 2.75) is 25.3 Å². The second-order valence-electron chi connectivity index (χ2n) is 6.79. The Labute approximate surface area is 155 Å². The van der Waals surface area contributed by atoms with Crippen LogP contribution in [0.25, 0.3) is 0 Å². The number of carbonyl (C=O) groups excluding carboxylic acids is 1. The summed E-state index contributed by atoms with van der Waals surface area (Å²) in [6.07, 6.45) is 4.84. The fraction of sp³-hybridized carbons (Fsp3) is 0.429. The van der Waals surface area contributed by atoms with Gasteiger partial charge >= 0.3 is 0 Å². The third kappa shape index (κ3) is 4.61. The first-order valence-corrected chi connectivity index (χ1v) is 9.21. The van der Waals surface area contributed by atoms with Crippen LogP contribution in [0.5, 0.6) is 5.75 Å². The first-order chi connectivity index (χ1) is 12.7. The summed E-state index contributed by atoms with van der Waals surface area (Å²) in [5.74, 6) is 0.782. The van der Waals surface area contributed by atoms with Crippen molar-refractivity contribution >= 4 is 5.91 Å². The van der Waals surface area contributed by atoms with E-state index in [2.05, 4.69) is 16.0 Å². The predicted octanol–water partition coefficient (Wildman–Crippen LogP) is 2.87. The van der Waals surface area contributed by atoms with Crippen molar-refractivity contribution in [3.05, 3.63) is 59.9 Å². The Balaban J connectivity index is 1.49. The lowest BCUT2D eigenvalue weighted by Crippen LogP contribution is -2.46. The molecule has 0 radical (unpaired) electrons. The number of hydrogen-bond donors (Lipinski definition) is 0. The normalized spacial score (nSPS) is 15.6. The Morgan fingerprint density at radius 2 is 2.04 bits per heavy atom. The van der Waals surface area contributed by atoms with E-state index in [4.69, 9.17) is 4.74 Å². The summed E-state index contributed by atoms with van der Waals surface area (Å²) in [7, 11) is 3.53. The molecule has 0 saturated carbocycles. The molecule has 1 aromatic carbocycles. The molecule has 0 spiro atoms. The van der Waals surface area contributed by atoms with Crippen LogP contribution in [0, 0.1) is 0 Å². The predicted molar refractivity (Wildman–Crippen MR) is 102 cm³/mol. The Kier molecular flexibility index (Phi) is 6.23. The number of piperidine rings is 1. The summed E-state index contributed by atoms with van der Waals surface area (Å²) in [4.78, 5) is 21.5. The van der Waals surface area contributed by atoms with Crippen molar-refractivity contribution in [2.24, 2.45) is 0 Å². The van der Waals surface area contributed by atoms with E-state index >= 15 is 0 Å². The molecule has 1 aliphatic rings. The second kappa shape index (κ2) is 8.81. The Morgan fingerprint density at radius 1 is 1.23 bits per heavy atom. The summed E-state index contributed by atoms with van der Waals surface area (Å²) >= 11 is 0. The average Bonchev–Trinajstić information content (AvgIpc) is 2.72. The largest absolute Gasteiger partial charge is 0.497 e. The molecular formula is C21H27N3O2. The van der Waals surface area contributed by atoms with Gasteiger partial charge < -0.3 is 14.5 Å². The van der Waals surface area contributed by atoms with Crippen molar-refractivity contribution in [1.82, 2.24) is 14.8 Å².